The summed E-state index contributed by atoms with van der Waals surface area (Å²) >= 11 is 5.53. The molecule has 24 heavy (non-hydrogen) atoms. The second-order valence-electron chi connectivity index (χ2n) is 7.47. The molecule has 2 N–H and O–H groups in total. The molecule has 0 spiro atoms. The number of hydrogen-bond acceptors (Lipinski definition) is 2. The summed E-state index contributed by atoms with van der Waals surface area (Å²) in [4.78, 5) is 14.3. The summed E-state index contributed by atoms with van der Waals surface area (Å²) in [6, 6.07) is 8.64. The van der Waals surface area contributed by atoms with Gasteiger partial charge in [-0.1, -0.05) is 39.8 Å². The number of piperidine rings is 1. The van der Waals surface area contributed by atoms with E-state index in [-0.39, 0.29) is 17.4 Å². The van der Waals surface area contributed by atoms with Crippen LogP contribution >= 0.6 is 12.2 Å². The van der Waals surface area contributed by atoms with Gasteiger partial charge in [0.1, 0.15) is 0 Å². The molecule has 1 aliphatic heterocycles. The van der Waals surface area contributed by atoms with E-state index in [1.54, 1.807) is 0 Å². The van der Waals surface area contributed by atoms with Gasteiger partial charge in [0.25, 0.3) is 0 Å². The van der Waals surface area contributed by atoms with Gasteiger partial charge in [-0.2, -0.15) is 0 Å². The number of amides is 1. The zero-order valence-electron chi connectivity index (χ0n) is 15.2. The summed E-state index contributed by atoms with van der Waals surface area (Å²) in [5.41, 5.74) is 2.01. The highest BCUT2D eigenvalue weighted by molar-refractivity contribution is 7.80. The zero-order valence-corrected chi connectivity index (χ0v) is 16.0. The quantitative estimate of drug-likeness (QED) is 0.821. The summed E-state index contributed by atoms with van der Waals surface area (Å²) in [7, 11) is 0. The number of nitrogens with one attached hydrogen (secondary N) is 2. The van der Waals surface area contributed by atoms with E-state index < -0.39 is 0 Å². The van der Waals surface area contributed by atoms with E-state index in [4.69, 9.17) is 12.2 Å². The van der Waals surface area contributed by atoms with Gasteiger partial charge in [0, 0.05) is 30.2 Å². The predicted molar refractivity (Wildman–Crippen MR) is 104 cm³/mol. The van der Waals surface area contributed by atoms with Crippen molar-refractivity contribution in [2.24, 2.45) is 5.41 Å². The molecule has 1 fully saturated rings. The maximum absolute atomic E-state index is 12.1. The number of thiocarbonyl (C=S) groups is 1. The Labute approximate surface area is 151 Å². The molecule has 5 heteroatoms. The van der Waals surface area contributed by atoms with Crippen LogP contribution < -0.4 is 10.6 Å². The van der Waals surface area contributed by atoms with Gasteiger partial charge in [0.2, 0.25) is 5.91 Å². The highest BCUT2D eigenvalue weighted by atomic mass is 32.1. The van der Waals surface area contributed by atoms with Crippen LogP contribution in [-0.2, 0) is 11.2 Å². The van der Waals surface area contributed by atoms with Crippen LogP contribution in [-0.4, -0.2) is 35.1 Å². The third-order valence-electron chi connectivity index (χ3n) is 4.41. The zero-order chi connectivity index (χ0) is 17.7. The number of benzene rings is 1. The van der Waals surface area contributed by atoms with Crippen molar-refractivity contribution in [3.8, 4) is 0 Å². The maximum atomic E-state index is 12.1. The molecule has 1 saturated heterocycles. The summed E-state index contributed by atoms with van der Waals surface area (Å²) < 4.78 is 0. The first-order valence-electron chi connectivity index (χ1n) is 8.75. The second kappa shape index (κ2) is 7.97. The van der Waals surface area contributed by atoms with Gasteiger partial charge in [-0.15, -0.1) is 0 Å². The molecule has 132 valence electrons. The number of hydrogen-bond donors (Lipinski definition) is 2. The minimum Gasteiger partial charge on any atom is -0.353 e. The molecular weight excluding hydrogens is 318 g/mol. The largest absolute Gasteiger partial charge is 0.353 e. The van der Waals surface area contributed by atoms with Gasteiger partial charge in [-0.25, -0.2) is 0 Å². The first kappa shape index (κ1) is 18.7. The Balaban J connectivity index is 1.81. The van der Waals surface area contributed by atoms with Crippen LogP contribution in [0.2, 0.25) is 0 Å². The molecule has 1 aromatic carbocycles. The molecule has 1 aliphatic rings. The Morgan fingerprint density at radius 1 is 1.21 bits per heavy atom. The molecule has 0 saturated carbocycles. The maximum Gasteiger partial charge on any atom is 0.225 e. The van der Waals surface area contributed by atoms with Crippen LogP contribution in [0, 0.1) is 5.41 Å². The van der Waals surface area contributed by atoms with Gasteiger partial charge in [0.15, 0.2) is 5.11 Å². The minimum atomic E-state index is -0.335. The van der Waals surface area contributed by atoms with E-state index in [0.717, 1.165) is 43.2 Å². The number of nitrogens with zero attached hydrogens (tertiary/aromatic N) is 1. The highest BCUT2D eigenvalue weighted by Gasteiger charge is 2.27. The Kier molecular flexibility index (Phi) is 6.21. The first-order valence-corrected chi connectivity index (χ1v) is 9.16. The number of likely N-dealkylation sites (tertiary alicyclic amines) is 1. The van der Waals surface area contributed by atoms with Crippen LogP contribution in [0.15, 0.2) is 24.3 Å². The Morgan fingerprint density at radius 3 is 2.29 bits per heavy atom. The van der Waals surface area contributed by atoms with Crippen molar-refractivity contribution in [2.75, 3.05) is 18.4 Å². The summed E-state index contributed by atoms with van der Waals surface area (Å²) in [6.07, 6.45) is 2.90. The van der Waals surface area contributed by atoms with Crippen LogP contribution in [0.1, 0.15) is 46.1 Å². The number of aryl methyl sites for hydroxylation is 1. The number of anilines is 1. The lowest BCUT2D eigenvalue weighted by Crippen LogP contribution is -2.49. The Morgan fingerprint density at radius 2 is 1.79 bits per heavy atom. The van der Waals surface area contributed by atoms with E-state index in [1.165, 1.54) is 5.56 Å². The molecule has 0 atom stereocenters. The first-order chi connectivity index (χ1) is 11.3. The molecule has 0 aliphatic carbocycles. The topological polar surface area (TPSA) is 44.4 Å². The number of carbonyl (C=O) groups excluding carboxylic acids is 1. The van der Waals surface area contributed by atoms with Crippen molar-refractivity contribution in [3.63, 3.8) is 0 Å². The van der Waals surface area contributed by atoms with Gasteiger partial charge in [0.05, 0.1) is 0 Å². The molecule has 1 aromatic rings. The van der Waals surface area contributed by atoms with Gasteiger partial charge in [-0.05, 0) is 49.2 Å². The molecule has 0 bridgehead atoms. The monoisotopic (exact) mass is 347 g/mol. The van der Waals surface area contributed by atoms with Crippen LogP contribution in [0.4, 0.5) is 5.69 Å². The Hall–Kier alpha value is -1.62. The van der Waals surface area contributed by atoms with Crippen LogP contribution in [0.25, 0.3) is 0 Å². The molecular formula is C19H29N3OS. The molecule has 2 rings (SSSR count). The van der Waals surface area contributed by atoms with Gasteiger partial charge in [-0.3, -0.25) is 4.79 Å². The number of rotatable bonds is 3. The molecule has 4 nitrogen and oxygen atoms in total. The number of carbonyl (C=O) groups is 1. The summed E-state index contributed by atoms with van der Waals surface area (Å²) in [5.74, 6) is 0.123. The fraction of sp³-hybridized carbons (Fsp3) is 0.579. The van der Waals surface area contributed by atoms with E-state index >= 15 is 0 Å². The fourth-order valence-corrected chi connectivity index (χ4v) is 2.96. The molecule has 0 aromatic heterocycles. The highest BCUT2D eigenvalue weighted by Crippen LogP contribution is 2.17. The third-order valence-corrected chi connectivity index (χ3v) is 4.77. The van der Waals surface area contributed by atoms with Crippen molar-refractivity contribution >= 4 is 28.9 Å². The molecule has 1 heterocycles. The average Bonchev–Trinajstić information content (AvgIpc) is 2.55. The second-order valence-corrected chi connectivity index (χ2v) is 7.85. The van der Waals surface area contributed by atoms with Crippen molar-refractivity contribution < 1.29 is 4.79 Å². The third kappa shape index (κ3) is 5.20. The van der Waals surface area contributed by atoms with E-state index in [2.05, 4.69) is 46.7 Å². The van der Waals surface area contributed by atoms with E-state index in [0.29, 0.717) is 0 Å². The predicted octanol–water partition coefficient (Wildman–Crippen LogP) is 3.57. The minimum absolute atomic E-state index is 0.123. The summed E-state index contributed by atoms with van der Waals surface area (Å²) in [6.45, 7) is 9.72. The lowest BCUT2D eigenvalue weighted by molar-refractivity contribution is -0.129. The van der Waals surface area contributed by atoms with Crippen molar-refractivity contribution in [1.82, 2.24) is 10.2 Å². The molecule has 0 unspecified atom stereocenters. The fourth-order valence-electron chi connectivity index (χ4n) is 2.66. The Bertz CT molecular complexity index is 569. The lowest BCUT2D eigenvalue weighted by atomic mass is 9.94. The standard InChI is InChI=1S/C19H29N3OS/c1-5-14-6-8-15(9-7-14)21-18(24)22-12-10-16(11-13-22)20-17(23)19(2,3)4/h6-9,16H,5,10-13H2,1-4H3,(H,20,23)(H,21,24). The van der Waals surface area contributed by atoms with Crippen LogP contribution in [0.3, 0.4) is 0 Å². The van der Waals surface area contributed by atoms with Crippen molar-refractivity contribution in [3.05, 3.63) is 29.8 Å². The molecule has 1 amide bonds. The normalized spacial score (nSPS) is 15.9. The lowest BCUT2D eigenvalue weighted by Gasteiger charge is -2.35. The van der Waals surface area contributed by atoms with Crippen molar-refractivity contribution in [2.45, 2.75) is 53.0 Å². The average molecular weight is 348 g/mol. The summed E-state index contributed by atoms with van der Waals surface area (Å²) in [5, 5.41) is 7.23. The van der Waals surface area contributed by atoms with Crippen LogP contribution in [0.5, 0.6) is 0 Å². The van der Waals surface area contributed by atoms with Gasteiger partial charge < -0.3 is 15.5 Å². The molecule has 0 radical (unpaired) electrons. The van der Waals surface area contributed by atoms with E-state index in [9.17, 15) is 4.79 Å². The van der Waals surface area contributed by atoms with Gasteiger partial charge >= 0.3 is 0 Å². The smallest absolute Gasteiger partial charge is 0.225 e. The SMILES string of the molecule is CCc1ccc(NC(=S)N2CCC(NC(=O)C(C)(C)C)CC2)cc1. The van der Waals surface area contributed by atoms with Crippen molar-refractivity contribution in [1.29, 1.82) is 0 Å². The van der Waals surface area contributed by atoms with E-state index in [1.807, 2.05) is 20.8 Å².